The number of ether oxygens (including phenoxy) is 1. The molecule has 0 unspecified atom stereocenters. The Kier molecular flexibility index (Phi) is 8.04. The normalized spacial score (nSPS) is 17.0. The summed E-state index contributed by atoms with van der Waals surface area (Å²) in [6.07, 6.45) is 5.22. The summed E-state index contributed by atoms with van der Waals surface area (Å²) in [4.78, 5) is 29.2. The quantitative estimate of drug-likeness (QED) is 0.622. The fourth-order valence-corrected chi connectivity index (χ4v) is 4.91. The number of likely N-dealkylation sites (tertiary alicyclic amines) is 1. The molecule has 0 spiro atoms. The van der Waals surface area contributed by atoms with Gasteiger partial charge in [-0.25, -0.2) is 0 Å². The fourth-order valence-electron chi connectivity index (χ4n) is 4.30. The second-order valence-corrected chi connectivity index (χ2v) is 9.44. The lowest BCUT2D eigenvalue weighted by Crippen LogP contribution is -2.44. The Morgan fingerprint density at radius 3 is 2.36 bits per heavy atom. The number of aromatic nitrogens is 2. The SMILES string of the molecule is COc1ccc(NC(=O)CSc2ccc(N3CCC(C(=O)N4CCCCC4)CC3)nn2)cc1. The minimum Gasteiger partial charge on any atom is -0.497 e. The molecule has 4 rings (SSSR count). The second-order valence-electron chi connectivity index (χ2n) is 8.44. The minimum atomic E-state index is -0.100. The molecule has 2 aliphatic heterocycles. The highest BCUT2D eigenvalue weighted by Gasteiger charge is 2.29. The van der Waals surface area contributed by atoms with Crippen LogP contribution < -0.4 is 15.0 Å². The van der Waals surface area contributed by atoms with Gasteiger partial charge in [0.2, 0.25) is 11.8 Å². The Balaban J connectivity index is 1.21. The lowest BCUT2D eigenvalue weighted by molar-refractivity contribution is -0.137. The first-order chi connectivity index (χ1) is 16.1. The number of nitrogens with one attached hydrogen (secondary N) is 1. The topological polar surface area (TPSA) is 87.7 Å². The number of hydrogen-bond acceptors (Lipinski definition) is 7. The molecule has 1 aromatic heterocycles. The molecule has 2 aliphatic rings. The molecule has 9 heteroatoms. The van der Waals surface area contributed by atoms with Crippen molar-refractivity contribution in [2.45, 2.75) is 37.1 Å². The van der Waals surface area contributed by atoms with E-state index in [4.69, 9.17) is 4.74 Å². The van der Waals surface area contributed by atoms with Gasteiger partial charge in [0.15, 0.2) is 5.82 Å². The predicted molar refractivity (Wildman–Crippen MR) is 130 cm³/mol. The first kappa shape index (κ1) is 23.4. The molecule has 0 bridgehead atoms. The number of carbonyl (C=O) groups excluding carboxylic acids is 2. The molecular weight excluding hydrogens is 438 g/mol. The van der Waals surface area contributed by atoms with Gasteiger partial charge in [-0.1, -0.05) is 11.8 Å². The van der Waals surface area contributed by atoms with E-state index in [0.29, 0.717) is 10.9 Å². The summed E-state index contributed by atoms with van der Waals surface area (Å²) in [5.74, 6) is 2.19. The van der Waals surface area contributed by atoms with Crippen LogP contribution in [0.3, 0.4) is 0 Å². The molecule has 0 aliphatic carbocycles. The van der Waals surface area contributed by atoms with Crippen molar-refractivity contribution in [3.8, 4) is 5.75 Å². The third-order valence-electron chi connectivity index (χ3n) is 6.19. The number of anilines is 2. The van der Waals surface area contributed by atoms with Crippen molar-refractivity contribution in [2.75, 3.05) is 49.3 Å². The van der Waals surface area contributed by atoms with Gasteiger partial charge in [0, 0.05) is 37.8 Å². The van der Waals surface area contributed by atoms with Crippen molar-refractivity contribution in [1.29, 1.82) is 0 Å². The van der Waals surface area contributed by atoms with Crippen LogP contribution in [0.4, 0.5) is 11.5 Å². The summed E-state index contributed by atoms with van der Waals surface area (Å²) in [6, 6.07) is 11.1. The summed E-state index contributed by atoms with van der Waals surface area (Å²) in [7, 11) is 1.61. The van der Waals surface area contributed by atoms with Crippen molar-refractivity contribution in [2.24, 2.45) is 5.92 Å². The van der Waals surface area contributed by atoms with Gasteiger partial charge in [0.25, 0.3) is 0 Å². The van der Waals surface area contributed by atoms with E-state index >= 15 is 0 Å². The monoisotopic (exact) mass is 469 g/mol. The molecule has 3 heterocycles. The highest BCUT2D eigenvalue weighted by molar-refractivity contribution is 7.99. The summed E-state index contributed by atoms with van der Waals surface area (Å²) in [5.41, 5.74) is 0.727. The summed E-state index contributed by atoms with van der Waals surface area (Å²) in [5, 5.41) is 12.2. The molecule has 2 fully saturated rings. The van der Waals surface area contributed by atoms with Gasteiger partial charge in [0.05, 0.1) is 12.9 Å². The van der Waals surface area contributed by atoms with Crippen molar-refractivity contribution in [1.82, 2.24) is 15.1 Å². The highest BCUT2D eigenvalue weighted by Crippen LogP contribution is 2.25. The number of hydrogen-bond donors (Lipinski definition) is 1. The number of benzene rings is 1. The molecule has 0 atom stereocenters. The Labute approximate surface area is 199 Å². The van der Waals surface area contributed by atoms with Gasteiger partial charge >= 0.3 is 0 Å². The van der Waals surface area contributed by atoms with Crippen LogP contribution in [0.25, 0.3) is 0 Å². The zero-order valence-corrected chi connectivity index (χ0v) is 19.9. The molecule has 8 nitrogen and oxygen atoms in total. The molecule has 2 saturated heterocycles. The van der Waals surface area contributed by atoms with Crippen LogP contribution in [0.2, 0.25) is 0 Å². The molecule has 1 N–H and O–H groups in total. The highest BCUT2D eigenvalue weighted by atomic mass is 32.2. The number of methoxy groups -OCH3 is 1. The van der Waals surface area contributed by atoms with Gasteiger partial charge in [-0.3, -0.25) is 9.59 Å². The fraction of sp³-hybridized carbons (Fsp3) is 0.500. The average molecular weight is 470 g/mol. The molecule has 176 valence electrons. The summed E-state index contributed by atoms with van der Waals surface area (Å²) in [6.45, 7) is 3.47. The Morgan fingerprint density at radius 1 is 1.00 bits per heavy atom. The Hall–Kier alpha value is -2.81. The van der Waals surface area contributed by atoms with Crippen LogP contribution in [0.15, 0.2) is 41.4 Å². The summed E-state index contributed by atoms with van der Waals surface area (Å²) < 4.78 is 5.12. The number of amides is 2. The van der Waals surface area contributed by atoms with Crippen molar-refractivity contribution in [3.05, 3.63) is 36.4 Å². The van der Waals surface area contributed by atoms with Crippen LogP contribution in [-0.4, -0.2) is 66.0 Å². The number of piperidine rings is 2. The van der Waals surface area contributed by atoms with Gasteiger partial charge in [0.1, 0.15) is 10.8 Å². The molecular formula is C24H31N5O3S. The maximum atomic E-state index is 12.8. The van der Waals surface area contributed by atoms with E-state index in [1.807, 2.05) is 12.1 Å². The van der Waals surface area contributed by atoms with Crippen LogP contribution in [0.1, 0.15) is 32.1 Å². The van der Waals surface area contributed by atoms with E-state index in [9.17, 15) is 9.59 Å². The second kappa shape index (κ2) is 11.4. The van der Waals surface area contributed by atoms with Crippen LogP contribution in [-0.2, 0) is 9.59 Å². The lowest BCUT2D eigenvalue weighted by Gasteiger charge is -2.35. The zero-order chi connectivity index (χ0) is 23.0. The summed E-state index contributed by atoms with van der Waals surface area (Å²) >= 11 is 1.35. The van der Waals surface area contributed by atoms with E-state index in [2.05, 4.69) is 25.3 Å². The molecule has 0 saturated carbocycles. The number of carbonyl (C=O) groups is 2. The van der Waals surface area contributed by atoms with E-state index in [0.717, 1.165) is 69.1 Å². The Bertz CT molecular complexity index is 924. The predicted octanol–water partition coefficient (Wildman–Crippen LogP) is 3.44. The van der Waals surface area contributed by atoms with E-state index in [1.54, 1.807) is 31.4 Å². The Morgan fingerprint density at radius 2 is 1.73 bits per heavy atom. The lowest BCUT2D eigenvalue weighted by atomic mass is 9.94. The van der Waals surface area contributed by atoms with Crippen LogP contribution in [0.5, 0.6) is 5.75 Å². The van der Waals surface area contributed by atoms with Crippen molar-refractivity contribution >= 4 is 35.1 Å². The van der Waals surface area contributed by atoms with Gasteiger partial charge in [-0.15, -0.1) is 10.2 Å². The number of rotatable bonds is 7. The first-order valence-electron chi connectivity index (χ1n) is 11.6. The largest absolute Gasteiger partial charge is 0.497 e. The number of nitrogens with zero attached hydrogens (tertiary/aromatic N) is 4. The standard InChI is InChI=1S/C24H31N5O3S/c1-32-20-7-5-19(6-8-20)25-22(30)17-33-23-10-9-21(26-27-23)28-15-11-18(12-16-28)24(31)29-13-3-2-4-14-29/h5-10,18H,2-4,11-17H2,1H3,(H,25,30). The molecule has 33 heavy (non-hydrogen) atoms. The third-order valence-corrected chi connectivity index (χ3v) is 7.11. The average Bonchev–Trinajstić information content (AvgIpc) is 2.88. The van der Waals surface area contributed by atoms with Gasteiger partial charge < -0.3 is 19.9 Å². The van der Waals surface area contributed by atoms with Gasteiger partial charge in [-0.05, 0) is 68.5 Å². The molecule has 2 amide bonds. The smallest absolute Gasteiger partial charge is 0.234 e. The van der Waals surface area contributed by atoms with Gasteiger partial charge in [-0.2, -0.15) is 0 Å². The van der Waals surface area contributed by atoms with E-state index in [1.165, 1.54) is 18.2 Å². The first-order valence-corrected chi connectivity index (χ1v) is 12.5. The van der Waals surface area contributed by atoms with E-state index < -0.39 is 0 Å². The van der Waals surface area contributed by atoms with Crippen molar-refractivity contribution < 1.29 is 14.3 Å². The van der Waals surface area contributed by atoms with Crippen molar-refractivity contribution in [3.63, 3.8) is 0 Å². The zero-order valence-electron chi connectivity index (χ0n) is 19.0. The minimum absolute atomic E-state index is 0.100. The maximum Gasteiger partial charge on any atom is 0.234 e. The number of thioether (sulfide) groups is 1. The van der Waals surface area contributed by atoms with E-state index in [-0.39, 0.29) is 17.6 Å². The third kappa shape index (κ3) is 6.37. The van der Waals surface area contributed by atoms with Crippen LogP contribution in [0, 0.1) is 5.92 Å². The van der Waals surface area contributed by atoms with Crippen LogP contribution >= 0.6 is 11.8 Å². The maximum absolute atomic E-state index is 12.8. The molecule has 2 aromatic rings. The molecule has 0 radical (unpaired) electrons. The molecule has 1 aromatic carbocycles.